The van der Waals surface area contributed by atoms with Crippen LogP contribution < -0.4 is 4.74 Å². The quantitative estimate of drug-likeness (QED) is 0.705. The molecule has 2 rings (SSSR count). The lowest BCUT2D eigenvalue weighted by atomic mass is 10.1. The van der Waals surface area contributed by atoms with Gasteiger partial charge in [0.05, 0.1) is 0 Å². The van der Waals surface area contributed by atoms with Crippen LogP contribution in [0.15, 0.2) is 18.3 Å². The summed E-state index contributed by atoms with van der Waals surface area (Å²) in [6, 6.07) is 6.57. The van der Waals surface area contributed by atoms with E-state index in [-0.39, 0.29) is 0 Å². The molecule has 1 fully saturated rings. The molecule has 0 spiro atoms. The maximum Gasteiger partial charge on any atom is 0.213 e. The Morgan fingerprint density at radius 3 is 2.93 bits per heavy atom. The Bertz CT molecular complexity index is 268. The van der Waals surface area contributed by atoms with Crippen LogP contribution in [-0.4, -0.2) is 36.1 Å². The van der Waals surface area contributed by atoms with E-state index in [0.29, 0.717) is 6.10 Å². The second-order valence-corrected chi connectivity index (χ2v) is 3.72. The van der Waals surface area contributed by atoms with Crippen LogP contribution >= 0.6 is 0 Å². The van der Waals surface area contributed by atoms with Gasteiger partial charge in [0.25, 0.3) is 0 Å². The van der Waals surface area contributed by atoms with Gasteiger partial charge in [0.1, 0.15) is 6.10 Å². The van der Waals surface area contributed by atoms with Crippen molar-refractivity contribution in [3.05, 3.63) is 24.4 Å². The molecule has 1 aromatic heterocycles. The minimum absolute atomic E-state index is 0.334. The molecule has 0 aliphatic carbocycles. The van der Waals surface area contributed by atoms with Crippen molar-refractivity contribution >= 4 is 0 Å². The Morgan fingerprint density at radius 2 is 2.29 bits per heavy atom. The Morgan fingerprint density at radius 1 is 1.50 bits per heavy atom. The Labute approximate surface area is 84.7 Å². The summed E-state index contributed by atoms with van der Waals surface area (Å²) in [5.74, 6) is 0.721. The molecule has 75 valence electrons. The minimum atomic E-state index is 0.334. The molecule has 1 saturated heterocycles. The van der Waals surface area contributed by atoms with E-state index in [0.717, 1.165) is 31.8 Å². The van der Waals surface area contributed by atoms with Crippen molar-refractivity contribution in [2.75, 3.05) is 20.1 Å². The van der Waals surface area contributed by atoms with E-state index in [9.17, 15) is 0 Å². The van der Waals surface area contributed by atoms with Crippen molar-refractivity contribution in [2.45, 2.75) is 18.9 Å². The normalized spacial score (nSPS) is 19.5. The summed E-state index contributed by atoms with van der Waals surface area (Å²) < 4.78 is 5.75. The Balaban J connectivity index is 1.87. The standard InChI is InChI=1S/C11H15N2O/c1-13-8-5-10(6-9-13)14-11-4-2-3-7-12-11/h2,4,7,10H,5-6,8-9H2,1H3. The van der Waals surface area contributed by atoms with E-state index >= 15 is 0 Å². The molecule has 3 heteroatoms. The molecule has 2 heterocycles. The first-order chi connectivity index (χ1) is 6.84. The van der Waals surface area contributed by atoms with Crippen LogP contribution in [0.5, 0.6) is 5.88 Å². The fraction of sp³-hybridized carbons (Fsp3) is 0.545. The van der Waals surface area contributed by atoms with Crippen LogP contribution in [0.3, 0.4) is 0 Å². The third kappa shape index (κ3) is 2.45. The molecular formula is C11H15N2O. The van der Waals surface area contributed by atoms with Crippen LogP contribution in [0.2, 0.25) is 0 Å². The molecule has 0 amide bonds. The fourth-order valence-electron chi connectivity index (χ4n) is 1.65. The van der Waals surface area contributed by atoms with Gasteiger partial charge in [0, 0.05) is 31.4 Å². The number of rotatable bonds is 2. The summed E-state index contributed by atoms with van der Waals surface area (Å²) >= 11 is 0. The molecule has 0 atom stereocenters. The first kappa shape index (κ1) is 9.46. The van der Waals surface area contributed by atoms with Crippen LogP contribution in [0.25, 0.3) is 0 Å². The van der Waals surface area contributed by atoms with Gasteiger partial charge < -0.3 is 9.64 Å². The maximum absolute atomic E-state index is 5.75. The predicted molar refractivity (Wildman–Crippen MR) is 54.2 cm³/mol. The van der Waals surface area contributed by atoms with Gasteiger partial charge in [-0.1, -0.05) is 0 Å². The molecule has 1 aliphatic rings. The van der Waals surface area contributed by atoms with Crippen molar-refractivity contribution in [1.82, 2.24) is 9.88 Å². The highest BCUT2D eigenvalue weighted by Crippen LogP contribution is 2.15. The van der Waals surface area contributed by atoms with Crippen LogP contribution in [0.4, 0.5) is 0 Å². The van der Waals surface area contributed by atoms with Crippen LogP contribution in [0.1, 0.15) is 12.8 Å². The number of aromatic nitrogens is 1. The predicted octanol–water partition coefficient (Wildman–Crippen LogP) is 1.35. The fourth-order valence-corrected chi connectivity index (χ4v) is 1.65. The molecule has 14 heavy (non-hydrogen) atoms. The van der Waals surface area contributed by atoms with Crippen molar-refractivity contribution in [1.29, 1.82) is 0 Å². The van der Waals surface area contributed by atoms with Gasteiger partial charge in [-0.3, -0.25) is 0 Å². The highest BCUT2D eigenvalue weighted by atomic mass is 16.5. The molecule has 0 bridgehead atoms. The first-order valence-electron chi connectivity index (χ1n) is 5.02. The topological polar surface area (TPSA) is 25.4 Å². The van der Waals surface area contributed by atoms with Gasteiger partial charge in [-0.05, 0) is 26.0 Å². The zero-order valence-electron chi connectivity index (χ0n) is 8.44. The molecule has 0 aromatic carbocycles. The number of likely N-dealkylation sites (tertiary alicyclic amines) is 1. The van der Waals surface area contributed by atoms with E-state index < -0.39 is 0 Å². The number of hydrogen-bond donors (Lipinski definition) is 0. The van der Waals surface area contributed by atoms with E-state index in [2.05, 4.69) is 23.0 Å². The van der Waals surface area contributed by atoms with Gasteiger partial charge >= 0.3 is 0 Å². The van der Waals surface area contributed by atoms with Gasteiger partial charge in [-0.2, -0.15) is 0 Å². The third-order valence-corrected chi connectivity index (χ3v) is 2.54. The number of piperidine rings is 1. The number of nitrogens with zero attached hydrogens (tertiary/aromatic N) is 2. The zero-order valence-corrected chi connectivity index (χ0v) is 8.44. The third-order valence-electron chi connectivity index (χ3n) is 2.54. The van der Waals surface area contributed by atoms with Crippen molar-refractivity contribution in [2.24, 2.45) is 0 Å². The molecular weight excluding hydrogens is 176 g/mol. The van der Waals surface area contributed by atoms with Crippen LogP contribution in [0, 0.1) is 6.07 Å². The second kappa shape index (κ2) is 4.42. The van der Waals surface area contributed by atoms with Crippen molar-refractivity contribution in [3.63, 3.8) is 0 Å². The first-order valence-corrected chi connectivity index (χ1v) is 5.02. The molecule has 1 aliphatic heterocycles. The molecule has 3 nitrogen and oxygen atoms in total. The van der Waals surface area contributed by atoms with Crippen LogP contribution in [-0.2, 0) is 0 Å². The van der Waals surface area contributed by atoms with Gasteiger partial charge in [0.2, 0.25) is 5.88 Å². The Kier molecular flexibility index (Phi) is 2.99. The van der Waals surface area contributed by atoms with Gasteiger partial charge in [-0.15, -0.1) is 0 Å². The minimum Gasteiger partial charge on any atom is -0.474 e. The summed E-state index contributed by atoms with van der Waals surface area (Å²) in [4.78, 5) is 6.43. The van der Waals surface area contributed by atoms with Gasteiger partial charge in [0.15, 0.2) is 0 Å². The summed E-state index contributed by atoms with van der Waals surface area (Å²) in [6.45, 7) is 2.23. The molecule has 0 unspecified atom stereocenters. The zero-order chi connectivity index (χ0) is 9.80. The lowest BCUT2D eigenvalue weighted by Gasteiger charge is -2.28. The second-order valence-electron chi connectivity index (χ2n) is 3.72. The molecule has 1 aromatic rings. The monoisotopic (exact) mass is 191 g/mol. The summed E-state index contributed by atoms with van der Waals surface area (Å²) in [5, 5.41) is 0. The summed E-state index contributed by atoms with van der Waals surface area (Å²) in [7, 11) is 2.14. The SMILES string of the molecule is CN1CCC(Oc2cc[c]cn2)CC1. The maximum atomic E-state index is 5.75. The number of hydrogen-bond acceptors (Lipinski definition) is 3. The largest absolute Gasteiger partial charge is 0.474 e. The van der Waals surface area contributed by atoms with Crippen molar-refractivity contribution < 1.29 is 4.74 Å². The highest BCUT2D eigenvalue weighted by molar-refractivity contribution is 5.08. The smallest absolute Gasteiger partial charge is 0.213 e. The lowest BCUT2D eigenvalue weighted by Crippen LogP contribution is -2.35. The van der Waals surface area contributed by atoms with Gasteiger partial charge in [-0.25, -0.2) is 4.98 Å². The number of pyridine rings is 1. The molecule has 0 saturated carbocycles. The molecule has 0 N–H and O–H groups in total. The average molecular weight is 191 g/mol. The van der Waals surface area contributed by atoms with E-state index in [4.69, 9.17) is 4.74 Å². The number of ether oxygens (including phenoxy) is 1. The Hall–Kier alpha value is -1.09. The average Bonchev–Trinajstić information content (AvgIpc) is 2.23. The molecule has 1 radical (unpaired) electrons. The van der Waals surface area contributed by atoms with Crippen molar-refractivity contribution in [3.8, 4) is 5.88 Å². The lowest BCUT2D eigenvalue weighted by molar-refractivity contribution is 0.110. The van der Waals surface area contributed by atoms with E-state index in [1.165, 1.54) is 0 Å². The van der Waals surface area contributed by atoms with E-state index in [1.54, 1.807) is 6.20 Å². The highest BCUT2D eigenvalue weighted by Gasteiger charge is 2.17. The summed E-state index contributed by atoms with van der Waals surface area (Å²) in [6.07, 6.45) is 4.17. The summed E-state index contributed by atoms with van der Waals surface area (Å²) in [5.41, 5.74) is 0. The van der Waals surface area contributed by atoms with E-state index in [1.807, 2.05) is 12.1 Å².